The van der Waals surface area contributed by atoms with Crippen molar-refractivity contribution < 1.29 is 9.59 Å². The number of carbonyl (C=O) groups is 2. The Balaban J connectivity index is 1.55. The second kappa shape index (κ2) is 10.0. The van der Waals surface area contributed by atoms with Gasteiger partial charge < -0.3 is 20.9 Å². The van der Waals surface area contributed by atoms with Gasteiger partial charge in [-0.2, -0.15) is 0 Å². The molecule has 3 aromatic rings. The lowest BCUT2D eigenvalue weighted by atomic mass is 10.1. The van der Waals surface area contributed by atoms with Crippen LogP contribution in [-0.4, -0.2) is 25.0 Å². The van der Waals surface area contributed by atoms with Crippen molar-refractivity contribution in [2.45, 2.75) is 26.2 Å². The number of nitrogens with one attached hydrogen (secondary N) is 3. The van der Waals surface area contributed by atoms with E-state index in [-0.39, 0.29) is 11.9 Å². The van der Waals surface area contributed by atoms with Gasteiger partial charge in [0.2, 0.25) is 0 Å². The summed E-state index contributed by atoms with van der Waals surface area (Å²) in [5.41, 5.74) is 4.65. The number of amides is 3. The van der Waals surface area contributed by atoms with Gasteiger partial charge >= 0.3 is 6.03 Å². The molecule has 3 N–H and O–H groups in total. The highest BCUT2D eigenvalue weighted by molar-refractivity contribution is 6.06. The Morgan fingerprint density at radius 3 is 2.25 bits per heavy atom. The van der Waals surface area contributed by atoms with Crippen LogP contribution in [0, 0.1) is 6.92 Å². The number of nitrogens with zero attached hydrogens (tertiary/aromatic N) is 1. The van der Waals surface area contributed by atoms with Crippen LogP contribution in [0.2, 0.25) is 0 Å². The zero-order valence-corrected chi connectivity index (χ0v) is 18.2. The second-order valence-electron chi connectivity index (χ2n) is 8.05. The van der Waals surface area contributed by atoms with Crippen LogP contribution in [0.3, 0.4) is 0 Å². The van der Waals surface area contributed by atoms with Crippen molar-refractivity contribution in [3.05, 3.63) is 83.9 Å². The van der Waals surface area contributed by atoms with Crippen molar-refractivity contribution in [1.82, 2.24) is 0 Å². The van der Waals surface area contributed by atoms with Gasteiger partial charge in [0, 0.05) is 30.0 Å². The number of urea groups is 1. The van der Waals surface area contributed by atoms with Gasteiger partial charge in [-0.05, 0) is 74.2 Å². The van der Waals surface area contributed by atoms with Crippen LogP contribution in [0.25, 0.3) is 0 Å². The predicted molar refractivity (Wildman–Crippen MR) is 131 cm³/mol. The maximum atomic E-state index is 12.8. The minimum absolute atomic E-state index is 0.188. The van der Waals surface area contributed by atoms with Gasteiger partial charge in [0.15, 0.2) is 0 Å². The van der Waals surface area contributed by atoms with E-state index in [2.05, 4.69) is 20.9 Å². The molecule has 1 aliphatic heterocycles. The van der Waals surface area contributed by atoms with E-state index in [1.54, 1.807) is 12.1 Å². The number of carbonyl (C=O) groups excluding carboxylic acids is 2. The van der Waals surface area contributed by atoms with E-state index in [4.69, 9.17) is 0 Å². The van der Waals surface area contributed by atoms with Crippen molar-refractivity contribution in [2.75, 3.05) is 33.9 Å². The first-order chi connectivity index (χ1) is 15.6. The molecule has 164 valence electrons. The maximum Gasteiger partial charge on any atom is 0.323 e. The van der Waals surface area contributed by atoms with E-state index in [0.29, 0.717) is 16.9 Å². The maximum absolute atomic E-state index is 12.8. The highest BCUT2D eigenvalue weighted by Crippen LogP contribution is 2.32. The van der Waals surface area contributed by atoms with E-state index >= 15 is 0 Å². The van der Waals surface area contributed by atoms with Crippen molar-refractivity contribution in [1.29, 1.82) is 0 Å². The van der Waals surface area contributed by atoms with Gasteiger partial charge in [-0.1, -0.05) is 30.3 Å². The molecule has 0 spiro atoms. The van der Waals surface area contributed by atoms with E-state index in [0.717, 1.165) is 42.9 Å². The molecular weight excluding hydrogens is 400 g/mol. The normalized spacial score (nSPS) is 13.3. The summed E-state index contributed by atoms with van der Waals surface area (Å²) in [6.07, 6.45) is 3.47. The minimum Gasteiger partial charge on any atom is -0.370 e. The molecule has 0 unspecified atom stereocenters. The summed E-state index contributed by atoms with van der Waals surface area (Å²) in [4.78, 5) is 27.6. The van der Waals surface area contributed by atoms with Gasteiger partial charge in [0.1, 0.15) is 0 Å². The van der Waals surface area contributed by atoms with Gasteiger partial charge in [-0.3, -0.25) is 4.79 Å². The Morgan fingerprint density at radius 2 is 1.50 bits per heavy atom. The molecule has 6 nitrogen and oxygen atoms in total. The first-order valence-electron chi connectivity index (χ1n) is 11.0. The van der Waals surface area contributed by atoms with Gasteiger partial charge in [0.25, 0.3) is 5.91 Å². The van der Waals surface area contributed by atoms with Crippen LogP contribution >= 0.6 is 0 Å². The summed E-state index contributed by atoms with van der Waals surface area (Å²) in [7, 11) is 0. The Kier molecular flexibility index (Phi) is 6.70. The van der Waals surface area contributed by atoms with Crippen LogP contribution in [-0.2, 0) is 0 Å². The summed E-state index contributed by atoms with van der Waals surface area (Å²) in [6, 6.07) is 22.1. The molecule has 0 atom stereocenters. The summed E-state index contributed by atoms with van der Waals surface area (Å²) in [5.74, 6) is -0.188. The largest absolute Gasteiger partial charge is 0.370 e. The van der Waals surface area contributed by atoms with Crippen LogP contribution in [0.1, 0.15) is 35.2 Å². The summed E-state index contributed by atoms with van der Waals surface area (Å²) in [5, 5.41) is 8.81. The Hall–Kier alpha value is -3.80. The molecule has 1 aliphatic rings. The lowest BCUT2D eigenvalue weighted by Crippen LogP contribution is -2.31. The predicted octanol–water partition coefficient (Wildman–Crippen LogP) is 5.88. The first kappa shape index (κ1) is 21.4. The molecule has 0 saturated carbocycles. The third-order valence-corrected chi connectivity index (χ3v) is 5.51. The Bertz CT molecular complexity index is 1090. The summed E-state index contributed by atoms with van der Waals surface area (Å²) < 4.78 is 0. The fourth-order valence-electron chi connectivity index (χ4n) is 3.92. The number of benzene rings is 3. The summed E-state index contributed by atoms with van der Waals surface area (Å²) in [6.45, 7) is 3.88. The van der Waals surface area contributed by atoms with Gasteiger partial charge in [-0.15, -0.1) is 0 Å². The van der Waals surface area contributed by atoms with E-state index < -0.39 is 0 Å². The van der Waals surface area contributed by atoms with Crippen molar-refractivity contribution in [3.63, 3.8) is 0 Å². The molecule has 4 rings (SSSR count). The fourth-order valence-corrected chi connectivity index (χ4v) is 3.92. The molecule has 0 aliphatic carbocycles. The third-order valence-electron chi connectivity index (χ3n) is 5.51. The first-order valence-corrected chi connectivity index (χ1v) is 11.0. The number of rotatable bonds is 5. The molecule has 3 aromatic carbocycles. The highest BCUT2D eigenvalue weighted by Gasteiger charge is 2.17. The fraction of sp³-hybridized carbons (Fsp3) is 0.231. The van der Waals surface area contributed by atoms with Crippen molar-refractivity contribution >= 4 is 34.7 Å². The molecule has 32 heavy (non-hydrogen) atoms. The van der Waals surface area contributed by atoms with E-state index in [9.17, 15) is 9.59 Å². The minimum atomic E-state index is -0.319. The quantitative estimate of drug-likeness (QED) is 0.475. The number of piperidine rings is 1. The Labute approximate surface area is 188 Å². The SMILES string of the molecule is Cc1cccc(NC(=O)Nc2cc(NC(=O)c3ccccc3)ccc2N2CCCCC2)c1. The molecule has 1 fully saturated rings. The van der Waals surface area contributed by atoms with E-state index in [1.165, 1.54) is 6.42 Å². The standard InChI is InChI=1S/C26H28N4O2/c1-19-9-8-12-21(17-19)28-26(32)29-23-18-22(27-25(31)20-10-4-2-5-11-20)13-14-24(23)30-15-6-3-7-16-30/h2,4-5,8-14,17-18H,3,6-7,15-16H2,1H3,(H,27,31)(H2,28,29,32). The number of anilines is 4. The molecule has 0 bridgehead atoms. The van der Waals surface area contributed by atoms with Gasteiger partial charge in [0.05, 0.1) is 11.4 Å². The molecule has 0 aromatic heterocycles. The van der Waals surface area contributed by atoms with Crippen molar-refractivity contribution in [2.24, 2.45) is 0 Å². The average Bonchev–Trinajstić information content (AvgIpc) is 2.80. The highest BCUT2D eigenvalue weighted by atomic mass is 16.2. The van der Waals surface area contributed by atoms with Crippen LogP contribution in [0.15, 0.2) is 72.8 Å². The van der Waals surface area contributed by atoms with Crippen LogP contribution in [0.5, 0.6) is 0 Å². The van der Waals surface area contributed by atoms with Crippen LogP contribution < -0.4 is 20.9 Å². The molecule has 0 radical (unpaired) electrons. The van der Waals surface area contributed by atoms with Gasteiger partial charge in [-0.25, -0.2) is 4.79 Å². The molecule has 1 saturated heterocycles. The number of hydrogen-bond acceptors (Lipinski definition) is 3. The molecule has 6 heteroatoms. The number of hydrogen-bond donors (Lipinski definition) is 3. The Morgan fingerprint density at radius 1 is 0.750 bits per heavy atom. The monoisotopic (exact) mass is 428 g/mol. The topological polar surface area (TPSA) is 73.5 Å². The molecule has 1 heterocycles. The lowest BCUT2D eigenvalue weighted by molar-refractivity contribution is 0.102. The smallest absolute Gasteiger partial charge is 0.323 e. The third kappa shape index (κ3) is 5.46. The number of aryl methyl sites for hydroxylation is 1. The van der Waals surface area contributed by atoms with Crippen molar-refractivity contribution in [3.8, 4) is 0 Å². The lowest BCUT2D eigenvalue weighted by Gasteiger charge is -2.31. The second-order valence-corrected chi connectivity index (χ2v) is 8.05. The van der Waals surface area contributed by atoms with E-state index in [1.807, 2.05) is 67.6 Å². The van der Waals surface area contributed by atoms with Crippen LogP contribution in [0.4, 0.5) is 27.5 Å². The average molecular weight is 429 g/mol. The zero-order valence-electron chi connectivity index (χ0n) is 18.2. The zero-order chi connectivity index (χ0) is 22.3. The molecule has 3 amide bonds. The summed E-state index contributed by atoms with van der Waals surface area (Å²) >= 11 is 0. The molecular formula is C26H28N4O2.